The fourth-order valence-electron chi connectivity index (χ4n) is 4.79. The standard InChI is InChI=1S/C19H37N5O12/c20-2-6-10(26)12(28)13(29)18(33-6)36-16-5(22)1-4(21)15(14(16)30)35-17-11(27)8(23)9(25)7(34-17)3-32-19(24)31/h4-18,25-30H,1-3,20-23H2,(H2,24,31)/p+4/t4-,5+,6-,7-,8+,9-,10-,11-,12+,13-,14-,15+,16-,17-,18-/m1/s1. The maximum atomic E-state index is 11.1. The molecule has 0 aromatic rings. The number of rotatable bonds is 7. The molecule has 0 bridgehead atoms. The predicted octanol–water partition coefficient (Wildman–Crippen LogP) is -10.1. The molecule has 3 fully saturated rings. The number of carbonyl (C=O) groups excluding carboxylic acids is 1. The van der Waals surface area contributed by atoms with Crippen LogP contribution in [0.2, 0.25) is 0 Å². The fraction of sp³-hybridized carbons (Fsp3) is 0.947. The summed E-state index contributed by atoms with van der Waals surface area (Å²) in [6, 6.07) is -2.05. The zero-order valence-corrected chi connectivity index (χ0v) is 19.8. The molecule has 1 amide bonds. The van der Waals surface area contributed by atoms with E-state index in [-0.39, 0.29) is 6.54 Å². The van der Waals surface area contributed by atoms with Crippen LogP contribution in [0.5, 0.6) is 0 Å². The molecule has 0 unspecified atom stereocenters. The highest BCUT2D eigenvalue weighted by Crippen LogP contribution is 2.30. The summed E-state index contributed by atoms with van der Waals surface area (Å²) < 4.78 is 27.5. The van der Waals surface area contributed by atoms with Crippen molar-refractivity contribution in [3.05, 3.63) is 0 Å². The molecule has 3 aliphatic rings. The number of hydrogen-bond donors (Lipinski definition) is 11. The Morgan fingerprint density at radius 2 is 1.31 bits per heavy atom. The van der Waals surface area contributed by atoms with Gasteiger partial charge in [-0.3, -0.25) is 0 Å². The highest BCUT2D eigenvalue weighted by Gasteiger charge is 2.54. The van der Waals surface area contributed by atoms with E-state index in [1.807, 2.05) is 0 Å². The molecule has 1 saturated carbocycles. The Morgan fingerprint density at radius 1 is 0.778 bits per heavy atom. The molecule has 36 heavy (non-hydrogen) atoms. The summed E-state index contributed by atoms with van der Waals surface area (Å²) in [6.07, 6.45) is -16.3. The lowest BCUT2D eigenvalue weighted by molar-refractivity contribution is -0.525. The Kier molecular flexibility index (Phi) is 9.80. The number of carbonyl (C=O) groups is 1. The maximum Gasteiger partial charge on any atom is 0.404 e. The summed E-state index contributed by atoms with van der Waals surface area (Å²) >= 11 is 0. The van der Waals surface area contributed by atoms with Crippen molar-refractivity contribution in [3.63, 3.8) is 0 Å². The van der Waals surface area contributed by atoms with Crippen molar-refractivity contribution in [1.29, 1.82) is 0 Å². The van der Waals surface area contributed by atoms with E-state index >= 15 is 0 Å². The molecule has 0 radical (unpaired) electrons. The summed E-state index contributed by atoms with van der Waals surface area (Å²) in [5.41, 5.74) is 20.3. The molecule has 3 rings (SSSR count). The number of quaternary nitrogens is 4. The van der Waals surface area contributed by atoms with Gasteiger partial charge in [-0.2, -0.15) is 0 Å². The van der Waals surface area contributed by atoms with E-state index in [1.165, 1.54) is 0 Å². The average molecular weight is 532 g/mol. The molecule has 17 nitrogen and oxygen atoms in total. The topological polar surface area (TPSA) is 321 Å². The molecule has 2 saturated heterocycles. The lowest BCUT2D eigenvalue weighted by Gasteiger charge is -2.45. The summed E-state index contributed by atoms with van der Waals surface area (Å²) in [6.45, 7) is -0.324. The van der Waals surface area contributed by atoms with Gasteiger partial charge in [-0.25, -0.2) is 4.79 Å². The van der Waals surface area contributed by atoms with Crippen LogP contribution in [-0.4, -0.2) is 142 Å². The van der Waals surface area contributed by atoms with Gasteiger partial charge in [-0.1, -0.05) is 0 Å². The first-order chi connectivity index (χ1) is 16.9. The second kappa shape index (κ2) is 12.0. The molecule has 210 valence electrons. The SMILES string of the molecule is NC(=O)OC[C@H]1O[C@H](O[C@@H]2[C@@H](O)[C@H](O[C@H]3O[C@H](C[NH3+])[C@@H](O)[C@H](O)[C@H]3O)[C@@H]([NH3+])C[C@H]2[NH3+])[C@H](O)[C@@H]([NH3+])[C@@H]1O. The van der Waals surface area contributed by atoms with Gasteiger partial charge in [0.1, 0.15) is 86.2 Å². The van der Waals surface area contributed by atoms with Gasteiger partial charge in [-0.05, 0) is 0 Å². The minimum absolute atomic E-state index is 0.0914. The van der Waals surface area contributed by atoms with E-state index in [0.29, 0.717) is 6.42 Å². The first-order valence-corrected chi connectivity index (χ1v) is 11.8. The minimum atomic E-state index is -1.61. The van der Waals surface area contributed by atoms with Crippen LogP contribution in [0.1, 0.15) is 6.42 Å². The summed E-state index contributed by atoms with van der Waals surface area (Å²) in [7, 11) is 0. The lowest BCUT2D eigenvalue weighted by atomic mass is 9.84. The van der Waals surface area contributed by atoms with Crippen molar-refractivity contribution in [2.75, 3.05) is 13.2 Å². The van der Waals surface area contributed by atoms with Crippen LogP contribution < -0.4 is 28.7 Å². The minimum Gasteiger partial charge on any atom is -0.447 e. The van der Waals surface area contributed by atoms with Crippen molar-refractivity contribution < 1.29 is 82.1 Å². The summed E-state index contributed by atoms with van der Waals surface area (Å²) in [4.78, 5) is 11.0. The van der Waals surface area contributed by atoms with E-state index < -0.39 is 104 Å². The third-order valence-electron chi connectivity index (χ3n) is 6.98. The maximum absolute atomic E-state index is 11.1. The number of ether oxygens (including phenoxy) is 5. The zero-order valence-electron chi connectivity index (χ0n) is 19.8. The number of primary amides is 1. The Morgan fingerprint density at radius 3 is 1.83 bits per heavy atom. The molecule has 2 aliphatic heterocycles. The second-order valence-electron chi connectivity index (χ2n) is 9.57. The van der Waals surface area contributed by atoms with Gasteiger partial charge in [0.2, 0.25) is 0 Å². The number of aliphatic hydroxyl groups is 6. The van der Waals surface area contributed by atoms with E-state index in [4.69, 9.17) is 29.4 Å². The molecule has 0 spiro atoms. The Balaban J connectivity index is 1.72. The molecule has 15 atom stereocenters. The van der Waals surface area contributed by atoms with E-state index in [9.17, 15) is 35.4 Å². The first kappa shape index (κ1) is 29.3. The number of aliphatic hydroxyl groups excluding tert-OH is 6. The second-order valence-corrected chi connectivity index (χ2v) is 9.57. The number of amides is 1. The normalized spacial score (nSPS) is 50.0. The average Bonchev–Trinajstić information content (AvgIpc) is 2.83. The Labute approximate surface area is 205 Å². The fourth-order valence-corrected chi connectivity index (χ4v) is 4.79. The van der Waals surface area contributed by atoms with Gasteiger partial charge < -0.3 is 83.0 Å². The van der Waals surface area contributed by atoms with Crippen molar-refractivity contribution in [1.82, 2.24) is 0 Å². The smallest absolute Gasteiger partial charge is 0.404 e. The summed E-state index contributed by atoms with van der Waals surface area (Å²) in [5, 5.41) is 62.6. The van der Waals surface area contributed by atoms with Crippen LogP contribution in [0.3, 0.4) is 0 Å². The highest BCUT2D eigenvalue weighted by atomic mass is 16.7. The monoisotopic (exact) mass is 531 g/mol. The molecule has 0 aromatic carbocycles. The van der Waals surface area contributed by atoms with Crippen LogP contribution >= 0.6 is 0 Å². The van der Waals surface area contributed by atoms with E-state index in [2.05, 4.69) is 22.9 Å². The van der Waals surface area contributed by atoms with Gasteiger partial charge in [0.05, 0.1) is 6.42 Å². The Bertz CT molecular complexity index is 739. The molecule has 17 heteroatoms. The third kappa shape index (κ3) is 6.05. The molecule has 0 aromatic heterocycles. The van der Waals surface area contributed by atoms with Gasteiger partial charge >= 0.3 is 6.09 Å². The molecule has 20 N–H and O–H groups in total. The molecular formula is C19H41N5O12+4. The van der Waals surface area contributed by atoms with Crippen LogP contribution in [0, 0.1) is 0 Å². The van der Waals surface area contributed by atoms with Gasteiger partial charge in [0, 0.05) is 0 Å². The molecule has 2 heterocycles. The van der Waals surface area contributed by atoms with Crippen molar-refractivity contribution in [2.24, 2.45) is 5.73 Å². The quantitative estimate of drug-likeness (QED) is 0.146. The van der Waals surface area contributed by atoms with Gasteiger partial charge in [-0.15, -0.1) is 0 Å². The van der Waals surface area contributed by atoms with E-state index in [1.54, 1.807) is 0 Å². The zero-order chi connectivity index (χ0) is 26.9. The number of hydrogen-bond acceptors (Lipinski definition) is 12. The van der Waals surface area contributed by atoms with Crippen molar-refractivity contribution in [3.8, 4) is 0 Å². The van der Waals surface area contributed by atoms with Gasteiger partial charge in [0.15, 0.2) is 18.7 Å². The number of nitrogens with two attached hydrogens (primary N) is 1. The third-order valence-corrected chi connectivity index (χ3v) is 6.98. The van der Waals surface area contributed by atoms with E-state index in [0.717, 1.165) is 0 Å². The molecule has 1 aliphatic carbocycles. The molecular weight excluding hydrogens is 490 g/mol. The van der Waals surface area contributed by atoms with Crippen LogP contribution in [0.4, 0.5) is 4.79 Å². The predicted molar refractivity (Wildman–Crippen MR) is 111 cm³/mol. The Hall–Kier alpha value is -1.29. The van der Waals surface area contributed by atoms with Gasteiger partial charge in [0.25, 0.3) is 0 Å². The highest BCUT2D eigenvalue weighted by molar-refractivity contribution is 5.64. The van der Waals surface area contributed by atoms with Crippen molar-refractivity contribution in [2.45, 2.75) is 98.2 Å². The van der Waals surface area contributed by atoms with Crippen LogP contribution in [0.25, 0.3) is 0 Å². The van der Waals surface area contributed by atoms with Crippen LogP contribution in [0.15, 0.2) is 0 Å². The van der Waals surface area contributed by atoms with Crippen LogP contribution in [-0.2, 0) is 23.7 Å². The van der Waals surface area contributed by atoms with Crippen molar-refractivity contribution >= 4 is 6.09 Å². The lowest BCUT2D eigenvalue weighted by Crippen LogP contribution is -2.83. The largest absolute Gasteiger partial charge is 0.447 e. The first-order valence-electron chi connectivity index (χ1n) is 11.8. The summed E-state index contributed by atoms with van der Waals surface area (Å²) in [5.74, 6) is 0.